The van der Waals surface area contributed by atoms with E-state index in [2.05, 4.69) is 4.74 Å². The van der Waals surface area contributed by atoms with Gasteiger partial charge < -0.3 is 14.9 Å². The average molecular weight is 419 g/mol. The lowest BCUT2D eigenvalue weighted by molar-refractivity contribution is -0.140. The van der Waals surface area contributed by atoms with Gasteiger partial charge in [-0.3, -0.25) is 19.3 Å². The topological polar surface area (TPSA) is 121 Å². The number of ether oxygens (including phenoxy) is 1. The van der Waals surface area contributed by atoms with Crippen LogP contribution < -0.4 is 0 Å². The number of benzene rings is 1. The normalized spacial score (nSPS) is 15.3. The minimum absolute atomic E-state index is 0.0322. The van der Waals surface area contributed by atoms with Crippen molar-refractivity contribution in [3.63, 3.8) is 0 Å². The van der Waals surface area contributed by atoms with Crippen LogP contribution in [0.15, 0.2) is 35.2 Å². The number of amides is 2. The van der Waals surface area contributed by atoms with Gasteiger partial charge in [-0.25, -0.2) is 4.79 Å². The molecule has 0 bridgehead atoms. The Kier molecular flexibility index (Phi) is 5.52. The molecule has 28 heavy (non-hydrogen) atoms. The van der Waals surface area contributed by atoms with Gasteiger partial charge in [-0.2, -0.15) is 0 Å². The molecular weight excluding hydrogens is 406 g/mol. The molecule has 1 aromatic heterocycles. The number of methoxy groups -OCH3 is 1. The number of esters is 1. The van der Waals surface area contributed by atoms with Crippen LogP contribution in [0.4, 0.5) is 4.79 Å². The summed E-state index contributed by atoms with van der Waals surface area (Å²) in [5.74, 6) is -2.77. The zero-order valence-corrected chi connectivity index (χ0v) is 16.0. The second-order valence-corrected chi connectivity index (χ2v) is 7.70. The molecule has 0 radical (unpaired) electrons. The highest BCUT2D eigenvalue weighted by atomic mass is 32.2. The molecule has 3 rings (SSSR count). The summed E-state index contributed by atoms with van der Waals surface area (Å²) in [6.07, 6.45) is 1.52. The second-order valence-electron chi connectivity index (χ2n) is 5.59. The highest BCUT2D eigenvalue weighted by Crippen LogP contribution is 2.36. The lowest BCUT2D eigenvalue weighted by Gasteiger charge is -2.07. The molecule has 1 aliphatic heterocycles. The molecule has 1 aromatic carbocycles. The molecule has 144 valence electrons. The van der Waals surface area contributed by atoms with Crippen LogP contribution in [-0.2, 0) is 14.3 Å². The molecule has 2 aromatic rings. The number of phenols is 1. The summed E-state index contributed by atoms with van der Waals surface area (Å²) >= 11 is 1.99. The van der Waals surface area contributed by atoms with Gasteiger partial charge in [0.05, 0.1) is 12.0 Å². The SMILES string of the molecule is COC(=O)c1cc(-c2ccc(/C=C3\SC(=O)N(CC(=O)O)C3=O)s2)ccc1O. The van der Waals surface area contributed by atoms with Crippen LogP contribution >= 0.6 is 23.1 Å². The van der Waals surface area contributed by atoms with Crippen LogP contribution in [-0.4, -0.2) is 51.9 Å². The molecular formula is C18H13NO7S2. The van der Waals surface area contributed by atoms with Gasteiger partial charge in [-0.05, 0) is 53.7 Å². The number of hydrogen-bond acceptors (Lipinski definition) is 8. The zero-order chi connectivity index (χ0) is 20.4. The number of carbonyl (C=O) groups is 4. The third-order valence-corrected chi connectivity index (χ3v) is 5.74. The van der Waals surface area contributed by atoms with E-state index in [0.717, 1.165) is 4.88 Å². The molecule has 0 atom stereocenters. The molecule has 1 fully saturated rings. The van der Waals surface area contributed by atoms with Crippen LogP contribution in [0.2, 0.25) is 0 Å². The van der Waals surface area contributed by atoms with E-state index in [9.17, 15) is 24.3 Å². The smallest absolute Gasteiger partial charge is 0.341 e. The van der Waals surface area contributed by atoms with E-state index in [1.807, 2.05) is 0 Å². The number of rotatable bonds is 5. The van der Waals surface area contributed by atoms with Crippen LogP contribution in [0, 0.1) is 0 Å². The summed E-state index contributed by atoms with van der Waals surface area (Å²) in [7, 11) is 1.22. The van der Waals surface area contributed by atoms with Gasteiger partial charge in [0.25, 0.3) is 11.1 Å². The fourth-order valence-electron chi connectivity index (χ4n) is 2.45. The number of hydrogen-bond donors (Lipinski definition) is 2. The van der Waals surface area contributed by atoms with Crippen molar-refractivity contribution in [1.29, 1.82) is 0 Å². The molecule has 10 heteroatoms. The number of carboxylic acids is 1. The van der Waals surface area contributed by atoms with E-state index in [4.69, 9.17) is 5.11 Å². The monoisotopic (exact) mass is 419 g/mol. The maximum Gasteiger partial charge on any atom is 0.341 e. The van der Waals surface area contributed by atoms with Crippen molar-refractivity contribution in [3.05, 3.63) is 45.7 Å². The van der Waals surface area contributed by atoms with Gasteiger partial charge in [0.2, 0.25) is 0 Å². The van der Waals surface area contributed by atoms with Crippen molar-refractivity contribution >= 4 is 52.3 Å². The molecule has 2 amide bonds. The fourth-order valence-corrected chi connectivity index (χ4v) is 4.30. The van der Waals surface area contributed by atoms with E-state index >= 15 is 0 Å². The minimum Gasteiger partial charge on any atom is -0.507 e. The Bertz CT molecular complexity index is 1020. The first kappa shape index (κ1) is 19.6. The van der Waals surface area contributed by atoms with Gasteiger partial charge in [0.1, 0.15) is 17.9 Å². The van der Waals surface area contributed by atoms with Gasteiger partial charge in [-0.15, -0.1) is 11.3 Å². The number of imide groups is 1. The first-order valence-corrected chi connectivity index (χ1v) is 9.42. The van der Waals surface area contributed by atoms with Crippen molar-refractivity contribution in [3.8, 4) is 16.2 Å². The summed E-state index contributed by atoms with van der Waals surface area (Å²) in [5.41, 5.74) is 0.701. The Hall–Kier alpha value is -3.11. The fraction of sp³-hybridized carbons (Fsp3) is 0.111. The second kappa shape index (κ2) is 7.87. The van der Waals surface area contributed by atoms with E-state index in [0.29, 0.717) is 27.1 Å². The molecule has 1 saturated heterocycles. The number of aliphatic carboxylic acids is 1. The molecule has 0 aliphatic carbocycles. The predicted molar refractivity (Wildman–Crippen MR) is 103 cm³/mol. The number of thiophene rings is 1. The van der Waals surface area contributed by atoms with Gasteiger partial charge >= 0.3 is 11.9 Å². The van der Waals surface area contributed by atoms with Gasteiger partial charge in [0.15, 0.2) is 0 Å². The van der Waals surface area contributed by atoms with E-state index in [1.54, 1.807) is 18.2 Å². The standard InChI is InChI=1S/C18H13NO7S2/c1-26-17(24)11-6-9(2-4-12(11)20)13-5-3-10(27-13)7-14-16(23)19(8-15(21)22)18(25)28-14/h2-7,20H,8H2,1H3,(H,21,22)/b14-7-. The number of phenolic OH excluding ortho intramolecular Hbond substituents is 1. The van der Waals surface area contributed by atoms with E-state index < -0.39 is 29.6 Å². The van der Waals surface area contributed by atoms with Crippen molar-refractivity contribution in [1.82, 2.24) is 4.90 Å². The molecule has 2 heterocycles. The number of thioether (sulfide) groups is 1. The van der Waals surface area contributed by atoms with E-state index in [1.165, 1.54) is 36.7 Å². The maximum atomic E-state index is 12.2. The maximum absolute atomic E-state index is 12.2. The lowest BCUT2D eigenvalue weighted by atomic mass is 10.1. The molecule has 0 unspecified atom stereocenters. The first-order chi connectivity index (χ1) is 13.3. The van der Waals surface area contributed by atoms with Gasteiger partial charge in [0, 0.05) is 9.75 Å². The highest BCUT2D eigenvalue weighted by Gasteiger charge is 2.36. The average Bonchev–Trinajstić information content (AvgIpc) is 3.22. The number of carboxylic acid groups (broad SMARTS) is 1. The zero-order valence-electron chi connectivity index (χ0n) is 14.4. The summed E-state index contributed by atoms with van der Waals surface area (Å²) < 4.78 is 4.64. The largest absolute Gasteiger partial charge is 0.507 e. The Morgan fingerprint density at radius 3 is 2.64 bits per heavy atom. The lowest BCUT2D eigenvalue weighted by Crippen LogP contribution is -2.33. The quantitative estimate of drug-likeness (QED) is 0.560. The third-order valence-electron chi connectivity index (χ3n) is 3.75. The highest BCUT2D eigenvalue weighted by molar-refractivity contribution is 8.18. The first-order valence-electron chi connectivity index (χ1n) is 7.79. The molecule has 0 spiro atoms. The van der Waals surface area contributed by atoms with Crippen molar-refractivity contribution in [2.45, 2.75) is 0 Å². The Balaban J connectivity index is 1.86. The molecule has 0 saturated carbocycles. The summed E-state index contributed by atoms with van der Waals surface area (Å²) in [6, 6.07) is 8.02. The van der Waals surface area contributed by atoms with Crippen LogP contribution in [0.25, 0.3) is 16.5 Å². The number of aromatic hydroxyl groups is 1. The molecule has 2 N–H and O–H groups in total. The minimum atomic E-state index is -1.27. The van der Waals surface area contributed by atoms with Crippen LogP contribution in [0.5, 0.6) is 5.75 Å². The van der Waals surface area contributed by atoms with Crippen LogP contribution in [0.3, 0.4) is 0 Å². The Morgan fingerprint density at radius 2 is 1.96 bits per heavy atom. The van der Waals surface area contributed by atoms with Crippen molar-refractivity contribution < 1.29 is 34.1 Å². The summed E-state index contributed by atoms with van der Waals surface area (Å²) in [4.78, 5) is 48.8. The number of nitrogens with zero attached hydrogens (tertiary/aromatic N) is 1. The van der Waals surface area contributed by atoms with Crippen molar-refractivity contribution in [2.75, 3.05) is 13.7 Å². The Morgan fingerprint density at radius 1 is 1.21 bits per heavy atom. The van der Waals surface area contributed by atoms with Crippen LogP contribution in [0.1, 0.15) is 15.2 Å². The summed E-state index contributed by atoms with van der Waals surface area (Å²) in [6.45, 7) is -0.679. The number of carbonyl (C=O) groups excluding carboxylic acids is 3. The summed E-state index contributed by atoms with van der Waals surface area (Å²) in [5, 5.41) is 18.0. The molecule has 8 nitrogen and oxygen atoms in total. The third kappa shape index (κ3) is 3.92. The predicted octanol–water partition coefficient (Wildman–Crippen LogP) is 3.03. The Labute approximate surface area is 167 Å². The van der Waals surface area contributed by atoms with E-state index in [-0.39, 0.29) is 16.2 Å². The molecule has 1 aliphatic rings. The van der Waals surface area contributed by atoms with Gasteiger partial charge in [-0.1, -0.05) is 0 Å². The van der Waals surface area contributed by atoms with Crippen molar-refractivity contribution in [2.24, 2.45) is 0 Å².